The topological polar surface area (TPSA) is 179 Å². The van der Waals surface area contributed by atoms with Crippen LogP contribution in [0, 0.1) is 0 Å². The first-order chi connectivity index (χ1) is 28.5. The van der Waals surface area contributed by atoms with Crippen LogP contribution in [0.2, 0.25) is 0 Å². The number of benzene rings is 3. The molecule has 2 fully saturated rings. The number of nitrogens with zero attached hydrogens (tertiary/aromatic N) is 4. The summed E-state index contributed by atoms with van der Waals surface area (Å²) in [7, 11) is 3.58. The number of piperidine rings is 1. The zero-order valence-corrected chi connectivity index (χ0v) is 33.0. The second-order valence-corrected chi connectivity index (χ2v) is 15.2. The molecule has 3 aromatic carbocycles. The van der Waals surface area contributed by atoms with Crippen molar-refractivity contribution in [2.24, 2.45) is 0 Å². The number of phenols is 1. The summed E-state index contributed by atoms with van der Waals surface area (Å²) in [5, 5.41) is 13.1. The summed E-state index contributed by atoms with van der Waals surface area (Å²) in [4.78, 5) is 84.1. The van der Waals surface area contributed by atoms with Crippen LogP contribution in [0.15, 0.2) is 69.9 Å². The first-order valence-corrected chi connectivity index (χ1v) is 19.9. The number of imide groups is 2. The third-order valence-electron chi connectivity index (χ3n) is 11.5. The summed E-state index contributed by atoms with van der Waals surface area (Å²) in [6.45, 7) is 4.23. The van der Waals surface area contributed by atoms with E-state index in [1.807, 2.05) is 36.2 Å². The number of ether oxygens (including phenoxy) is 2. The average Bonchev–Trinajstić information content (AvgIpc) is 3.49. The van der Waals surface area contributed by atoms with Crippen molar-refractivity contribution < 1.29 is 43.0 Å². The number of amides is 5. The molecule has 5 amide bonds. The lowest BCUT2D eigenvalue weighted by atomic mass is 9.95. The van der Waals surface area contributed by atoms with Gasteiger partial charge in [0.15, 0.2) is 11.0 Å². The predicted octanol–water partition coefficient (Wildman–Crippen LogP) is 4.19. The lowest BCUT2D eigenvalue weighted by Gasteiger charge is -2.36. The Kier molecular flexibility index (Phi) is 10.9. The number of unbranched alkanes of at least 4 members (excludes halogenated alkanes) is 1. The number of fused-ring (bicyclic) bond motifs is 2. The van der Waals surface area contributed by atoms with Crippen LogP contribution in [0.4, 0.5) is 5.69 Å². The number of likely N-dealkylation sites (N-methyl/N-ethyl adjacent to an activating group) is 1. The fourth-order valence-electron chi connectivity index (χ4n) is 8.27. The molecule has 59 heavy (non-hydrogen) atoms. The lowest BCUT2D eigenvalue weighted by molar-refractivity contribution is -0.136. The number of phenolic OH excluding ortho intramolecular Hbond substituents is 1. The Labute approximate surface area is 339 Å². The molecule has 2 saturated heterocycles. The first-order valence-electron chi connectivity index (χ1n) is 19.9. The maximum absolute atomic E-state index is 13.4. The fraction of sp³-hybridized carbons (Fsp3) is 0.364. The van der Waals surface area contributed by atoms with Crippen LogP contribution in [0.1, 0.15) is 64.8 Å². The van der Waals surface area contributed by atoms with Gasteiger partial charge in [-0.3, -0.25) is 39.0 Å². The molecule has 4 aliphatic heterocycles. The summed E-state index contributed by atoms with van der Waals surface area (Å²) in [6, 6.07) is 14.3. The van der Waals surface area contributed by atoms with Gasteiger partial charge in [-0.15, -0.1) is 0 Å². The van der Waals surface area contributed by atoms with E-state index in [9.17, 15) is 33.9 Å². The number of nitrogens with one attached hydrogen (secondary N) is 1. The molecule has 15 nitrogen and oxygen atoms in total. The van der Waals surface area contributed by atoms with E-state index < -0.39 is 29.7 Å². The van der Waals surface area contributed by atoms with Gasteiger partial charge in [-0.1, -0.05) is 12.1 Å². The minimum atomic E-state index is -1.06. The Morgan fingerprint density at radius 2 is 1.68 bits per heavy atom. The number of carbonyl (C=O) groups is 5. The van der Waals surface area contributed by atoms with Gasteiger partial charge in [0.25, 0.3) is 11.8 Å². The molecular weight excluding hydrogens is 759 g/mol. The van der Waals surface area contributed by atoms with E-state index in [2.05, 4.69) is 21.2 Å². The number of anilines is 1. The van der Waals surface area contributed by atoms with E-state index in [0.717, 1.165) is 35.7 Å². The SMILES string of the molecule is COc1cc(O)c2c(=O)cc(-c3ccc(N4CCN(C(=O)CCCCOc5cccc6c5C(=O)N(C5CCC(=O)NC5=O)C6=O)CC4)cc3)oc2c1C1=CCN(C)CC1. The molecule has 1 atom stereocenters. The summed E-state index contributed by atoms with van der Waals surface area (Å²) >= 11 is 0. The van der Waals surface area contributed by atoms with Crippen molar-refractivity contribution in [1.29, 1.82) is 0 Å². The Hall–Kier alpha value is -6.48. The monoisotopic (exact) mass is 803 g/mol. The van der Waals surface area contributed by atoms with Crippen LogP contribution in [-0.4, -0.2) is 115 Å². The van der Waals surface area contributed by atoms with Crippen molar-refractivity contribution >= 4 is 51.8 Å². The highest BCUT2D eigenvalue weighted by molar-refractivity contribution is 6.24. The van der Waals surface area contributed by atoms with Crippen LogP contribution in [-0.2, 0) is 14.4 Å². The van der Waals surface area contributed by atoms with Gasteiger partial charge >= 0.3 is 0 Å². The third-order valence-corrected chi connectivity index (χ3v) is 11.5. The van der Waals surface area contributed by atoms with Gasteiger partial charge in [-0.2, -0.15) is 0 Å². The summed E-state index contributed by atoms with van der Waals surface area (Å²) < 4.78 is 18.0. The molecule has 8 rings (SSSR count). The van der Waals surface area contributed by atoms with Gasteiger partial charge < -0.3 is 33.7 Å². The molecule has 0 radical (unpaired) electrons. The summed E-state index contributed by atoms with van der Waals surface area (Å²) in [5.74, 6) is -1.41. The Morgan fingerprint density at radius 1 is 0.898 bits per heavy atom. The molecular formula is C44H45N5O10. The first kappa shape index (κ1) is 39.4. The van der Waals surface area contributed by atoms with Gasteiger partial charge in [0.2, 0.25) is 17.7 Å². The van der Waals surface area contributed by atoms with Crippen molar-refractivity contribution in [2.75, 3.05) is 64.9 Å². The molecule has 306 valence electrons. The van der Waals surface area contributed by atoms with Crippen LogP contribution < -0.4 is 25.1 Å². The van der Waals surface area contributed by atoms with Crippen LogP contribution in [0.25, 0.3) is 27.9 Å². The van der Waals surface area contributed by atoms with Crippen molar-refractivity contribution in [3.05, 3.63) is 87.6 Å². The predicted molar refractivity (Wildman–Crippen MR) is 217 cm³/mol. The van der Waals surface area contributed by atoms with E-state index in [1.54, 1.807) is 12.1 Å². The van der Waals surface area contributed by atoms with Gasteiger partial charge in [0.1, 0.15) is 34.4 Å². The minimum absolute atomic E-state index is 0.0370. The molecule has 0 saturated carbocycles. The zero-order valence-electron chi connectivity index (χ0n) is 33.0. The van der Waals surface area contributed by atoms with Gasteiger partial charge in [0.05, 0.1) is 30.4 Å². The van der Waals surface area contributed by atoms with Gasteiger partial charge in [-0.25, -0.2) is 0 Å². The number of carbonyl (C=O) groups excluding carboxylic acids is 5. The number of hydrogen-bond donors (Lipinski definition) is 2. The fourth-order valence-corrected chi connectivity index (χ4v) is 8.27. The van der Waals surface area contributed by atoms with Gasteiger partial charge in [0, 0.05) is 75.5 Å². The van der Waals surface area contributed by atoms with Crippen LogP contribution >= 0.6 is 0 Å². The van der Waals surface area contributed by atoms with Crippen LogP contribution in [0.3, 0.4) is 0 Å². The van der Waals surface area contributed by atoms with Gasteiger partial charge in [-0.05, 0) is 74.7 Å². The molecule has 4 aromatic rings. The number of piperazine rings is 1. The standard InChI is InChI=1S/C44H45N5O10/c1-46-17-15-27(16-18-46)38-35(57-2)25-32(51)40-31(50)24-34(59-41(38)40)26-9-11-28(12-10-26)47-19-21-48(22-20-47)37(53)8-3-4-23-58-33-7-5-6-29-39(33)44(56)49(43(29)55)30-13-14-36(52)45-42(30)54/h5-7,9-12,15,24-25,30,51H,3-4,8,13-14,16-23H2,1-2H3,(H,45,52,54). The number of rotatable bonds is 11. The van der Waals surface area contributed by atoms with Crippen molar-refractivity contribution in [2.45, 2.75) is 44.6 Å². The second kappa shape index (κ2) is 16.4. The van der Waals surface area contributed by atoms with Crippen molar-refractivity contribution in [1.82, 2.24) is 20.0 Å². The molecule has 0 bridgehead atoms. The Bertz CT molecular complexity index is 2450. The van der Waals surface area contributed by atoms with E-state index in [4.69, 9.17) is 13.9 Å². The highest BCUT2D eigenvalue weighted by Crippen LogP contribution is 2.41. The highest BCUT2D eigenvalue weighted by atomic mass is 16.5. The third kappa shape index (κ3) is 7.65. The summed E-state index contributed by atoms with van der Waals surface area (Å²) in [6.07, 6.45) is 4.39. The number of methoxy groups -OCH3 is 1. The molecule has 0 aliphatic carbocycles. The van der Waals surface area contributed by atoms with Crippen molar-refractivity contribution in [3.63, 3.8) is 0 Å². The van der Waals surface area contributed by atoms with Crippen molar-refractivity contribution in [3.8, 4) is 28.6 Å². The molecule has 2 N–H and O–H groups in total. The van der Waals surface area contributed by atoms with E-state index in [0.29, 0.717) is 73.7 Å². The zero-order chi connectivity index (χ0) is 41.4. The molecule has 1 unspecified atom stereocenters. The number of hydrogen-bond acceptors (Lipinski definition) is 12. The average molecular weight is 804 g/mol. The Balaban J connectivity index is 0.842. The minimum Gasteiger partial charge on any atom is -0.507 e. The molecule has 5 heterocycles. The molecule has 15 heteroatoms. The quantitative estimate of drug-likeness (QED) is 0.163. The smallest absolute Gasteiger partial charge is 0.266 e. The Morgan fingerprint density at radius 3 is 2.39 bits per heavy atom. The highest BCUT2D eigenvalue weighted by Gasteiger charge is 2.46. The normalized spacial score (nSPS) is 18.6. The van der Waals surface area contributed by atoms with Crippen LogP contribution in [0.5, 0.6) is 17.2 Å². The maximum atomic E-state index is 13.4. The largest absolute Gasteiger partial charge is 0.507 e. The summed E-state index contributed by atoms with van der Waals surface area (Å²) in [5.41, 5.74) is 3.57. The maximum Gasteiger partial charge on any atom is 0.266 e. The molecule has 0 spiro atoms. The molecule has 1 aromatic heterocycles. The van der Waals surface area contributed by atoms with E-state index in [1.165, 1.54) is 25.3 Å². The van der Waals surface area contributed by atoms with E-state index in [-0.39, 0.29) is 58.8 Å². The second-order valence-electron chi connectivity index (χ2n) is 15.2. The van der Waals surface area contributed by atoms with E-state index >= 15 is 0 Å². The lowest BCUT2D eigenvalue weighted by Crippen LogP contribution is -2.54. The number of aromatic hydroxyl groups is 1. The molecule has 4 aliphatic rings.